The van der Waals surface area contributed by atoms with Crippen molar-refractivity contribution in [3.8, 4) is 11.8 Å². The van der Waals surface area contributed by atoms with Gasteiger partial charge in [-0.25, -0.2) is 0 Å². The van der Waals surface area contributed by atoms with Gasteiger partial charge in [0, 0.05) is 6.07 Å². The van der Waals surface area contributed by atoms with E-state index in [0.29, 0.717) is 0 Å². The minimum absolute atomic E-state index is 0.0470. The van der Waals surface area contributed by atoms with E-state index < -0.39 is 12.1 Å². The second-order valence-corrected chi connectivity index (χ2v) is 2.41. The number of nitriles is 1. The van der Waals surface area contributed by atoms with E-state index in [9.17, 15) is 13.2 Å². The number of rotatable bonds is 1. The molecule has 0 atom stereocenters. The Balaban J connectivity index is 2.94. The topological polar surface area (TPSA) is 59.0 Å². The van der Waals surface area contributed by atoms with E-state index in [2.05, 4.69) is 4.74 Å². The number of anilines is 1. The summed E-state index contributed by atoms with van der Waals surface area (Å²) in [5.41, 5.74) is 5.34. The Hall–Kier alpha value is -1.90. The molecule has 0 heterocycles. The number of benzene rings is 1. The zero-order valence-corrected chi connectivity index (χ0v) is 6.80. The Morgan fingerprint density at radius 2 is 2.00 bits per heavy atom. The van der Waals surface area contributed by atoms with Gasteiger partial charge >= 0.3 is 6.36 Å². The molecule has 6 heteroatoms. The summed E-state index contributed by atoms with van der Waals surface area (Å²) in [6.07, 6.45) is -4.75. The summed E-state index contributed by atoms with van der Waals surface area (Å²) >= 11 is 0. The van der Waals surface area contributed by atoms with Crippen LogP contribution in [-0.2, 0) is 0 Å². The summed E-state index contributed by atoms with van der Waals surface area (Å²) in [6.45, 7) is 0. The van der Waals surface area contributed by atoms with Crippen molar-refractivity contribution in [1.29, 1.82) is 5.26 Å². The third kappa shape index (κ3) is 2.55. The van der Waals surface area contributed by atoms with Gasteiger partial charge in [0.05, 0.1) is 11.3 Å². The first kappa shape index (κ1) is 10.2. The number of nitrogen functional groups attached to an aromatic ring is 1. The molecule has 3 nitrogen and oxygen atoms in total. The first-order valence-electron chi connectivity index (χ1n) is 3.48. The van der Waals surface area contributed by atoms with Crippen molar-refractivity contribution in [3.05, 3.63) is 23.8 Å². The third-order valence-corrected chi connectivity index (χ3v) is 1.38. The largest absolute Gasteiger partial charge is 0.573 e. The van der Waals surface area contributed by atoms with E-state index >= 15 is 0 Å². The molecule has 0 amide bonds. The van der Waals surface area contributed by atoms with E-state index in [1.165, 1.54) is 0 Å². The number of alkyl halides is 3. The van der Waals surface area contributed by atoms with Gasteiger partial charge in [-0.1, -0.05) is 0 Å². The van der Waals surface area contributed by atoms with E-state index in [1.807, 2.05) is 0 Å². The zero-order valence-electron chi connectivity index (χ0n) is 6.80. The number of ether oxygens (including phenoxy) is 1. The highest BCUT2D eigenvalue weighted by atomic mass is 19.4. The normalized spacial score (nSPS) is 10.7. The van der Waals surface area contributed by atoms with Crippen LogP contribution >= 0.6 is 0 Å². The number of hydrogen-bond acceptors (Lipinski definition) is 3. The minimum Gasteiger partial charge on any atom is -0.406 e. The van der Waals surface area contributed by atoms with Crippen LogP contribution in [0.25, 0.3) is 0 Å². The van der Waals surface area contributed by atoms with Gasteiger partial charge < -0.3 is 10.5 Å². The van der Waals surface area contributed by atoms with E-state index in [1.54, 1.807) is 6.07 Å². The smallest absolute Gasteiger partial charge is 0.406 e. The fourth-order valence-corrected chi connectivity index (χ4v) is 0.840. The van der Waals surface area contributed by atoms with Gasteiger partial charge in [-0.05, 0) is 12.1 Å². The Kier molecular flexibility index (Phi) is 2.51. The van der Waals surface area contributed by atoms with Crippen LogP contribution in [0.5, 0.6) is 5.75 Å². The summed E-state index contributed by atoms with van der Waals surface area (Å²) in [5, 5.41) is 8.45. The van der Waals surface area contributed by atoms with Gasteiger partial charge in [-0.2, -0.15) is 5.26 Å². The molecule has 0 aliphatic carbocycles. The lowest BCUT2D eigenvalue weighted by atomic mass is 10.2. The van der Waals surface area contributed by atoms with Crippen LogP contribution in [0.1, 0.15) is 5.56 Å². The molecule has 14 heavy (non-hydrogen) atoms. The van der Waals surface area contributed by atoms with E-state index in [4.69, 9.17) is 11.0 Å². The SMILES string of the molecule is N#Cc1ccc(OC(F)(F)F)cc1N. The molecule has 2 N–H and O–H groups in total. The van der Waals surface area contributed by atoms with Crippen LogP contribution in [0.3, 0.4) is 0 Å². The number of nitrogens with zero attached hydrogens (tertiary/aromatic N) is 1. The third-order valence-electron chi connectivity index (χ3n) is 1.38. The monoisotopic (exact) mass is 202 g/mol. The molecule has 0 unspecified atom stereocenters. The van der Waals surface area contributed by atoms with Crippen molar-refractivity contribution >= 4 is 5.69 Å². The lowest BCUT2D eigenvalue weighted by molar-refractivity contribution is -0.274. The Labute approximate surface area is 77.5 Å². The van der Waals surface area contributed by atoms with Gasteiger partial charge in [-0.3, -0.25) is 0 Å². The van der Waals surface area contributed by atoms with Crippen LogP contribution < -0.4 is 10.5 Å². The average molecular weight is 202 g/mol. The van der Waals surface area contributed by atoms with Crippen molar-refractivity contribution in [1.82, 2.24) is 0 Å². The quantitative estimate of drug-likeness (QED) is 0.709. The molecule has 1 aromatic carbocycles. The van der Waals surface area contributed by atoms with Gasteiger partial charge in [0.1, 0.15) is 11.8 Å². The molecule has 1 aromatic rings. The molecular formula is C8H5F3N2O. The maximum Gasteiger partial charge on any atom is 0.573 e. The second-order valence-electron chi connectivity index (χ2n) is 2.41. The number of nitrogens with two attached hydrogens (primary N) is 1. The predicted molar refractivity (Wildman–Crippen MR) is 42.3 cm³/mol. The lowest BCUT2D eigenvalue weighted by Gasteiger charge is -2.09. The molecule has 0 saturated heterocycles. The van der Waals surface area contributed by atoms with Gasteiger partial charge in [0.25, 0.3) is 0 Å². The highest BCUT2D eigenvalue weighted by Crippen LogP contribution is 2.25. The molecule has 0 bridgehead atoms. The standard InChI is InChI=1S/C8H5F3N2O/c9-8(10,11)14-6-2-1-5(4-12)7(13)3-6/h1-3H,13H2. The van der Waals surface area contributed by atoms with Gasteiger partial charge in [-0.15, -0.1) is 13.2 Å². The summed E-state index contributed by atoms with van der Waals surface area (Å²) in [7, 11) is 0. The minimum atomic E-state index is -4.75. The fraction of sp³-hybridized carbons (Fsp3) is 0.125. The van der Waals surface area contributed by atoms with E-state index in [0.717, 1.165) is 18.2 Å². The molecule has 0 aliphatic heterocycles. The van der Waals surface area contributed by atoms with Crippen molar-refractivity contribution in [2.45, 2.75) is 6.36 Å². The first-order valence-corrected chi connectivity index (χ1v) is 3.48. The van der Waals surface area contributed by atoms with Crippen molar-refractivity contribution < 1.29 is 17.9 Å². The van der Waals surface area contributed by atoms with Gasteiger partial charge in [0.2, 0.25) is 0 Å². The van der Waals surface area contributed by atoms with Crippen molar-refractivity contribution in [2.24, 2.45) is 0 Å². The van der Waals surface area contributed by atoms with Gasteiger partial charge in [0.15, 0.2) is 0 Å². The number of hydrogen-bond donors (Lipinski definition) is 1. The molecule has 74 valence electrons. The Morgan fingerprint density at radius 1 is 1.36 bits per heavy atom. The fourth-order valence-electron chi connectivity index (χ4n) is 0.840. The van der Waals surface area contributed by atoms with E-state index in [-0.39, 0.29) is 11.3 Å². The summed E-state index contributed by atoms with van der Waals surface area (Å²) in [5.74, 6) is -0.436. The molecular weight excluding hydrogens is 197 g/mol. The number of halogens is 3. The van der Waals surface area contributed by atoms with Crippen molar-refractivity contribution in [3.63, 3.8) is 0 Å². The highest BCUT2D eigenvalue weighted by Gasteiger charge is 2.31. The molecule has 0 spiro atoms. The van der Waals surface area contributed by atoms with Crippen LogP contribution in [-0.4, -0.2) is 6.36 Å². The van der Waals surface area contributed by atoms with Crippen LogP contribution in [0.2, 0.25) is 0 Å². The summed E-state index contributed by atoms with van der Waals surface area (Å²) in [4.78, 5) is 0. The van der Waals surface area contributed by atoms with Crippen LogP contribution in [0, 0.1) is 11.3 Å². The van der Waals surface area contributed by atoms with Crippen LogP contribution in [0.4, 0.5) is 18.9 Å². The maximum atomic E-state index is 11.7. The molecule has 0 aliphatic rings. The van der Waals surface area contributed by atoms with Crippen LogP contribution in [0.15, 0.2) is 18.2 Å². The predicted octanol–water partition coefficient (Wildman–Crippen LogP) is 2.04. The van der Waals surface area contributed by atoms with Crippen molar-refractivity contribution in [2.75, 3.05) is 5.73 Å². The molecule has 0 saturated carbocycles. The first-order chi connectivity index (χ1) is 6.42. The average Bonchev–Trinajstić information content (AvgIpc) is 2.01. The Bertz CT molecular complexity index is 381. The summed E-state index contributed by atoms with van der Waals surface area (Å²) < 4.78 is 38.8. The molecule has 0 fully saturated rings. The lowest BCUT2D eigenvalue weighted by Crippen LogP contribution is -2.17. The Morgan fingerprint density at radius 3 is 2.43 bits per heavy atom. The molecule has 0 aromatic heterocycles. The maximum absolute atomic E-state index is 11.7. The summed E-state index contributed by atoms with van der Waals surface area (Å²) in [6, 6.07) is 4.87. The molecule has 1 rings (SSSR count). The highest BCUT2D eigenvalue weighted by molar-refractivity contribution is 5.57. The second kappa shape index (κ2) is 3.46. The molecule has 0 radical (unpaired) electrons. The zero-order chi connectivity index (χ0) is 10.8.